The number of hydrogen-bond donors (Lipinski definition) is 2. The molecule has 2 N–H and O–H groups in total. The number of carbonyl (C=O) groups is 3. The van der Waals surface area contributed by atoms with Gasteiger partial charge >= 0.3 is 5.97 Å². The zero-order chi connectivity index (χ0) is 29.2. The van der Waals surface area contributed by atoms with Gasteiger partial charge in [0.25, 0.3) is 0 Å². The summed E-state index contributed by atoms with van der Waals surface area (Å²) in [6, 6.07) is 4.11. The van der Waals surface area contributed by atoms with E-state index in [-0.39, 0.29) is 36.4 Å². The lowest BCUT2D eigenvalue weighted by molar-refractivity contribution is -0.147. The van der Waals surface area contributed by atoms with E-state index in [2.05, 4.69) is 17.6 Å². The van der Waals surface area contributed by atoms with Gasteiger partial charge in [-0.3, -0.25) is 14.4 Å². The lowest BCUT2D eigenvalue weighted by Gasteiger charge is -2.36. The highest BCUT2D eigenvalue weighted by molar-refractivity contribution is 7.80. The van der Waals surface area contributed by atoms with E-state index in [1.54, 1.807) is 23.1 Å². The number of benzene rings is 1. The number of nitrogens with zero attached hydrogens (tertiary/aromatic N) is 1. The molecule has 40 heavy (non-hydrogen) atoms. The number of ether oxygens (including phenoxy) is 2. The van der Waals surface area contributed by atoms with Crippen molar-refractivity contribution < 1.29 is 23.9 Å². The molecule has 2 amide bonds. The zero-order valence-electron chi connectivity index (χ0n) is 23.5. The van der Waals surface area contributed by atoms with Gasteiger partial charge in [0.05, 0.1) is 24.7 Å². The molecule has 1 aliphatic rings. The molecule has 1 unspecified atom stereocenters. The number of thiocarbonyl (C=S) groups is 1. The van der Waals surface area contributed by atoms with Crippen molar-refractivity contribution in [2.45, 2.75) is 96.4 Å². The van der Waals surface area contributed by atoms with Gasteiger partial charge in [-0.25, -0.2) is 0 Å². The van der Waals surface area contributed by atoms with Crippen LogP contribution >= 0.6 is 35.4 Å². The maximum Gasteiger partial charge on any atom is 0.308 e. The van der Waals surface area contributed by atoms with Crippen molar-refractivity contribution in [1.29, 1.82) is 0 Å². The fourth-order valence-electron chi connectivity index (χ4n) is 4.41. The van der Waals surface area contributed by atoms with E-state index in [4.69, 9.17) is 44.9 Å². The van der Waals surface area contributed by atoms with Crippen LogP contribution in [-0.2, 0) is 19.1 Å². The highest BCUT2D eigenvalue weighted by Crippen LogP contribution is 2.27. The van der Waals surface area contributed by atoms with Crippen molar-refractivity contribution in [3.8, 4) is 5.75 Å². The van der Waals surface area contributed by atoms with Gasteiger partial charge in [0.15, 0.2) is 5.11 Å². The molecule has 1 atom stereocenters. The molecule has 0 aromatic heterocycles. The number of hydrogen-bond acceptors (Lipinski definition) is 6. The summed E-state index contributed by atoms with van der Waals surface area (Å²) in [5.41, 5.74) is 0. The molecular formula is C29H43Cl2N3O5S. The third-order valence-electron chi connectivity index (χ3n) is 6.66. The number of amides is 2. The van der Waals surface area contributed by atoms with E-state index in [1.165, 1.54) is 44.9 Å². The van der Waals surface area contributed by atoms with E-state index < -0.39 is 12.0 Å². The van der Waals surface area contributed by atoms with Gasteiger partial charge in [0.2, 0.25) is 11.8 Å². The minimum Gasteiger partial charge on any atom is -0.492 e. The second-order valence-corrected chi connectivity index (χ2v) is 11.2. The second-order valence-electron chi connectivity index (χ2n) is 9.99. The van der Waals surface area contributed by atoms with Gasteiger partial charge in [0, 0.05) is 24.5 Å². The molecule has 2 rings (SSSR count). The standard InChI is InChI=1S/C29H43Cl2N3O5S/c1-2-3-4-5-6-7-8-9-10-11-18-39-27(36)21-24-28(37)32-16-17-34(24)29(40)33-26(35)13-12-19-38-25-15-14-22(30)20-23(25)31/h14-15,20,24H,2-13,16-19,21H2,1H3,(H,32,37)(H,33,35,40). The first kappa shape index (κ1) is 34.1. The Kier molecular flexibility index (Phi) is 17.0. The summed E-state index contributed by atoms with van der Waals surface area (Å²) in [6.07, 6.45) is 12.5. The van der Waals surface area contributed by atoms with Crippen molar-refractivity contribution in [2.75, 3.05) is 26.3 Å². The van der Waals surface area contributed by atoms with Crippen LogP contribution in [0.25, 0.3) is 0 Å². The number of esters is 1. The number of unbranched alkanes of at least 4 members (excludes halogenated alkanes) is 9. The van der Waals surface area contributed by atoms with Crippen LogP contribution in [-0.4, -0.2) is 60.1 Å². The molecular weight excluding hydrogens is 573 g/mol. The first-order valence-electron chi connectivity index (χ1n) is 14.4. The Bertz CT molecular complexity index is 966. The van der Waals surface area contributed by atoms with Gasteiger partial charge in [-0.2, -0.15) is 0 Å². The first-order chi connectivity index (χ1) is 19.3. The van der Waals surface area contributed by atoms with Crippen molar-refractivity contribution in [1.82, 2.24) is 15.5 Å². The SMILES string of the molecule is CCCCCCCCCCCCOC(=O)CC1C(=O)NCCN1C(=S)NC(=O)CCCOc1ccc(Cl)cc1Cl. The molecule has 1 aliphatic heterocycles. The monoisotopic (exact) mass is 615 g/mol. The Morgan fingerprint density at radius 1 is 1.02 bits per heavy atom. The van der Waals surface area contributed by atoms with Crippen LogP contribution in [0.5, 0.6) is 5.75 Å². The molecule has 1 aromatic rings. The van der Waals surface area contributed by atoms with E-state index >= 15 is 0 Å². The van der Waals surface area contributed by atoms with Gasteiger partial charge in [-0.05, 0) is 43.3 Å². The van der Waals surface area contributed by atoms with Crippen molar-refractivity contribution in [3.05, 3.63) is 28.2 Å². The molecule has 1 saturated heterocycles. The maximum atomic E-state index is 12.5. The van der Waals surface area contributed by atoms with E-state index in [0.29, 0.717) is 41.9 Å². The van der Waals surface area contributed by atoms with Crippen molar-refractivity contribution in [2.24, 2.45) is 0 Å². The van der Waals surface area contributed by atoms with Crippen LogP contribution in [0.15, 0.2) is 18.2 Å². The normalized spacial score (nSPS) is 14.9. The molecule has 224 valence electrons. The largest absolute Gasteiger partial charge is 0.492 e. The van der Waals surface area contributed by atoms with E-state index in [9.17, 15) is 14.4 Å². The summed E-state index contributed by atoms with van der Waals surface area (Å²) in [5.74, 6) is -0.574. The Labute approximate surface area is 253 Å². The molecule has 1 fully saturated rings. The molecule has 0 aliphatic carbocycles. The third kappa shape index (κ3) is 13.5. The molecule has 8 nitrogen and oxygen atoms in total. The fourth-order valence-corrected chi connectivity index (χ4v) is 5.21. The van der Waals surface area contributed by atoms with Crippen LogP contribution < -0.4 is 15.4 Å². The van der Waals surface area contributed by atoms with E-state index in [0.717, 1.165) is 19.3 Å². The number of nitrogens with one attached hydrogen (secondary N) is 2. The Hall–Kier alpha value is -2.10. The Balaban J connectivity index is 1.65. The molecule has 0 spiro atoms. The number of piperazine rings is 1. The summed E-state index contributed by atoms with van der Waals surface area (Å²) in [7, 11) is 0. The van der Waals surface area contributed by atoms with E-state index in [1.807, 2.05) is 0 Å². The summed E-state index contributed by atoms with van der Waals surface area (Å²) in [4.78, 5) is 39.0. The fraction of sp³-hybridized carbons (Fsp3) is 0.655. The first-order valence-corrected chi connectivity index (χ1v) is 15.6. The molecule has 1 aromatic carbocycles. The van der Waals surface area contributed by atoms with Crippen molar-refractivity contribution in [3.63, 3.8) is 0 Å². The summed E-state index contributed by atoms with van der Waals surface area (Å²) >= 11 is 17.4. The Morgan fingerprint density at radius 3 is 2.38 bits per heavy atom. The van der Waals surface area contributed by atoms with Crippen molar-refractivity contribution >= 4 is 58.3 Å². The van der Waals surface area contributed by atoms with Crippen LogP contribution in [0.3, 0.4) is 0 Å². The maximum absolute atomic E-state index is 12.5. The lowest BCUT2D eigenvalue weighted by Crippen LogP contribution is -2.60. The summed E-state index contributed by atoms with van der Waals surface area (Å²) in [5, 5.41) is 6.45. The third-order valence-corrected chi connectivity index (χ3v) is 7.53. The number of rotatable bonds is 18. The minimum absolute atomic E-state index is 0.119. The summed E-state index contributed by atoms with van der Waals surface area (Å²) in [6.45, 7) is 3.60. The highest BCUT2D eigenvalue weighted by atomic mass is 35.5. The second kappa shape index (κ2) is 19.9. The molecule has 0 radical (unpaired) electrons. The highest BCUT2D eigenvalue weighted by Gasteiger charge is 2.34. The van der Waals surface area contributed by atoms with Gasteiger partial charge < -0.3 is 25.0 Å². The number of carbonyl (C=O) groups excluding carboxylic acids is 3. The summed E-state index contributed by atoms with van der Waals surface area (Å²) < 4.78 is 11.0. The lowest BCUT2D eigenvalue weighted by atomic mass is 10.1. The smallest absolute Gasteiger partial charge is 0.308 e. The minimum atomic E-state index is -0.822. The average Bonchev–Trinajstić information content (AvgIpc) is 2.91. The predicted octanol–water partition coefficient (Wildman–Crippen LogP) is 6.21. The van der Waals surface area contributed by atoms with Crippen LogP contribution in [0.4, 0.5) is 0 Å². The zero-order valence-corrected chi connectivity index (χ0v) is 25.8. The van der Waals surface area contributed by atoms with Gasteiger partial charge in [-0.1, -0.05) is 87.9 Å². The van der Waals surface area contributed by atoms with Gasteiger partial charge in [0.1, 0.15) is 11.8 Å². The molecule has 11 heteroatoms. The van der Waals surface area contributed by atoms with Crippen LogP contribution in [0.1, 0.15) is 90.4 Å². The predicted molar refractivity (Wildman–Crippen MR) is 163 cm³/mol. The Morgan fingerprint density at radius 2 is 1.70 bits per heavy atom. The van der Waals surface area contributed by atoms with Crippen LogP contribution in [0.2, 0.25) is 10.0 Å². The van der Waals surface area contributed by atoms with Crippen LogP contribution in [0, 0.1) is 0 Å². The average molecular weight is 617 g/mol. The molecule has 1 heterocycles. The molecule has 0 bridgehead atoms. The molecule has 0 saturated carbocycles. The number of halogens is 2. The quantitative estimate of drug-likeness (QED) is 0.115. The van der Waals surface area contributed by atoms with Gasteiger partial charge in [-0.15, -0.1) is 0 Å². The topological polar surface area (TPSA) is 97.0 Å².